The van der Waals surface area contributed by atoms with Crippen LogP contribution in [0.15, 0.2) is 71.8 Å². The zero-order valence-corrected chi connectivity index (χ0v) is 14.0. The molecule has 3 aromatic rings. The van der Waals surface area contributed by atoms with Crippen LogP contribution in [0.3, 0.4) is 0 Å². The molecular weight excluding hydrogens is 312 g/mol. The third-order valence-corrected chi connectivity index (χ3v) is 4.56. The summed E-state index contributed by atoms with van der Waals surface area (Å²) < 4.78 is 1.60. The van der Waals surface area contributed by atoms with Crippen LogP contribution in [0.4, 0.5) is 0 Å². The summed E-state index contributed by atoms with van der Waals surface area (Å²) in [6, 6.07) is 17.7. The highest BCUT2D eigenvalue weighted by atomic mass is 16.1. The highest BCUT2D eigenvalue weighted by Gasteiger charge is 2.27. The number of benzene rings is 1. The summed E-state index contributed by atoms with van der Waals surface area (Å²) in [6.45, 7) is 3.64. The van der Waals surface area contributed by atoms with E-state index in [1.807, 2.05) is 18.2 Å². The topological polar surface area (TPSA) is 51.0 Å². The zero-order chi connectivity index (χ0) is 17.1. The maximum Gasteiger partial charge on any atom is 0.266 e. The molecular formula is C20H20N4O. The van der Waals surface area contributed by atoms with Crippen molar-refractivity contribution in [3.05, 3.63) is 82.9 Å². The molecule has 1 fully saturated rings. The van der Waals surface area contributed by atoms with Crippen molar-refractivity contribution < 1.29 is 0 Å². The second-order valence-electron chi connectivity index (χ2n) is 6.52. The van der Waals surface area contributed by atoms with Crippen LogP contribution in [0.5, 0.6) is 0 Å². The summed E-state index contributed by atoms with van der Waals surface area (Å²) in [5, 5.41) is 4.53. The first-order chi connectivity index (χ1) is 12.3. The van der Waals surface area contributed by atoms with Crippen molar-refractivity contribution in [3.8, 4) is 11.3 Å². The fraction of sp³-hybridized carbons (Fsp3) is 0.250. The second kappa shape index (κ2) is 6.99. The van der Waals surface area contributed by atoms with Gasteiger partial charge < -0.3 is 0 Å². The van der Waals surface area contributed by atoms with Crippen molar-refractivity contribution in [1.29, 1.82) is 0 Å². The van der Waals surface area contributed by atoms with Gasteiger partial charge in [0.1, 0.15) is 0 Å². The Kier molecular flexibility index (Phi) is 4.39. The lowest BCUT2D eigenvalue weighted by Crippen LogP contribution is -2.48. The normalized spacial score (nSPS) is 15.0. The molecule has 5 nitrogen and oxygen atoms in total. The average Bonchev–Trinajstić information content (AvgIpc) is 2.63. The van der Waals surface area contributed by atoms with E-state index in [2.05, 4.69) is 39.2 Å². The molecule has 1 aromatic carbocycles. The summed E-state index contributed by atoms with van der Waals surface area (Å²) in [5.41, 5.74) is 3.07. The van der Waals surface area contributed by atoms with Crippen molar-refractivity contribution in [2.75, 3.05) is 13.1 Å². The molecule has 1 saturated heterocycles. The van der Waals surface area contributed by atoms with Crippen molar-refractivity contribution in [3.63, 3.8) is 0 Å². The predicted molar refractivity (Wildman–Crippen MR) is 96.9 cm³/mol. The van der Waals surface area contributed by atoms with E-state index < -0.39 is 0 Å². The van der Waals surface area contributed by atoms with Crippen LogP contribution in [-0.4, -0.2) is 32.8 Å². The molecule has 0 spiro atoms. The van der Waals surface area contributed by atoms with Gasteiger partial charge in [-0.05, 0) is 23.8 Å². The van der Waals surface area contributed by atoms with Gasteiger partial charge in [0.15, 0.2) is 0 Å². The Morgan fingerprint density at radius 2 is 1.72 bits per heavy atom. The van der Waals surface area contributed by atoms with Crippen LogP contribution < -0.4 is 5.56 Å². The van der Waals surface area contributed by atoms with Gasteiger partial charge in [-0.1, -0.05) is 30.3 Å². The van der Waals surface area contributed by atoms with Gasteiger partial charge >= 0.3 is 0 Å². The number of hydrogen-bond donors (Lipinski definition) is 0. The highest BCUT2D eigenvalue weighted by molar-refractivity contribution is 5.56. The Morgan fingerprint density at radius 1 is 0.960 bits per heavy atom. The fourth-order valence-electron chi connectivity index (χ4n) is 3.26. The lowest BCUT2D eigenvalue weighted by molar-refractivity contribution is 0.0767. The number of aromatic nitrogens is 3. The molecule has 1 aliphatic rings. The third-order valence-electron chi connectivity index (χ3n) is 4.56. The molecule has 0 N–H and O–H groups in total. The van der Waals surface area contributed by atoms with Gasteiger partial charge in [-0.3, -0.25) is 14.7 Å². The van der Waals surface area contributed by atoms with Crippen LogP contribution in [-0.2, 0) is 13.1 Å². The smallest absolute Gasteiger partial charge is 0.266 e. The summed E-state index contributed by atoms with van der Waals surface area (Å²) >= 11 is 0. The Labute approximate surface area is 146 Å². The van der Waals surface area contributed by atoms with Crippen LogP contribution >= 0.6 is 0 Å². The van der Waals surface area contributed by atoms with Gasteiger partial charge in [-0.25, -0.2) is 4.68 Å². The molecule has 2 aromatic heterocycles. The molecule has 4 rings (SSSR count). The van der Waals surface area contributed by atoms with Gasteiger partial charge in [0, 0.05) is 49.6 Å². The molecule has 1 aliphatic heterocycles. The monoisotopic (exact) mass is 332 g/mol. The summed E-state index contributed by atoms with van der Waals surface area (Å²) in [4.78, 5) is 18.5. The van der Waals surface area contributed by atoms with E-state index in [0.717, 1.165) is 30.9 Å². The SMILES string of the molecule is O=c1ccc(-c2ccncc2)nn1CC1CN(Cc2ccccc2)C1. The number of hydrogen-bond acceptors (Lipinski definition) is 4. The minimum Gasteiger partial charge on any atom is -0.298 e. The quantitative estimate of drug-likeness (QED) is 0.720. The predicted octanol–water partition coefficient (Wildman–Crippen LogP) is 2.44. The Bertz CT molecular complexity index is 886. The summed E-state index contributed by atoms with van der Waals surface area (Å²) in [6.07, 6.45) is 3.47. The molecule has 5 heteroatoms. The first-order valence-electron chi connectivity index (χ1n) is 8.53. The third kappa shape index (κ3) is 3.67. The minimum atomic E-state index is -0.0423. The van der Waals surface area contributed by atoms with E-state index in [4.69, 9.17) is 0 Å². The zero-order valence-electron chi connectivity index (χ0n) is 14.0. The average molecular weight is 332 g/mol. The molecule has 0 unspecified atom stereocenters. The number of rotatable bonds is 5. The lowest BCUT2D eigenvalue weighted by Gasteiger charge is -2.39. The van der Waals surface area contributed by atoms with Crippen molar-refractivity contribution >= 4 is 0 Å². The van der Waals surface area contributed by atoms with Gasteiger partial charge in [-0.15, -0.1) is 0 Å². The minimum absolute atomic E-state index is 0.0423. The molecule has 0 saturated carbocycles. The lowest BCUT2D eigenvalue weighted by atomic mass is 9.99. The van der Waals surface area contributed by atoms with E-state index in [9.17, 15) is 4.79 Å². The summed E-state index contributed by atoms with van der Waals surface area (Å²) in [7, 11) is 0. The molecule has 3 heterocycles. The van der Waals surface area contributed by atoms with Gasteiger partial charge in [0.2, 0.25) is 0 Å². The van der Waals surface area contributed by atoms with Gasteiger partial charge in [0.25, 0.3) is 5.56 Å². The van der Waals surface area contributed by atoms with Crippen molar-refractivity contribution in [2.24, 2.45) is 5.92 Å². The van der Waals surface area contributed by atoms with E-state index in [0.29, 0.717) is 12.5 Å². The summed E-state index contributed by atoms with van der Waals surface area (Å²) in [5.74, 6) is 0.474. The van der Waals surface area contributed by atoms with Crippen LogP contribution in [0.25, 0.3) is 11.3 Å². The number of nitrogens with zero attached hydrogens (tertiary/aromatic N) is 4. The molecule has 0 radical (unpaired) electrons. The van der Waals surface area contributed by atoms with Crippen molar-refractivity contribution in [2.45, 2.75) is 13.1 Å². The highest BCUT2D eigenvalue weighted by Crippen LogP contribution is 2.20. The second-order valence-corrected chi connectivity index (χ2v) is 6.52. The fourth-order valence-corrected chi connectivity index (χ4v) is 3.26. The van der Waals surface area contributed by atoms with Crippen LogP contribution in [0.1, 0.15) is 5.56 Å². The molecule has 0 atom stereocenters. The molecule has 126 valence electrons. The van der Waals surface area contributed by atoms with Crippen molar-refractivity contribution in [1.82, 2.24) is 19.7 Å². The maximum absolute atomic E-state index is 12.1. The van der Waals surface area contributed by atoms with Crippen LogP contribution in [0.2, 0.25) is 0 Å². The Hall–Kier alpha value is -2.79. The molecule has 25 heavy (non-hydrogen) atoms. The largest absolute Gasteiger partial charge is 0.298 e. The molecule has 0 amide bonds. The Balaban J connectivity index is 1.40. The maximum atomic E-state index is 12.1. The number of likely N-dealkylation sites (tertiary alicyclic amines) is 1. The first kappa shape index (κ1) is 15.7. The van der Waals surface area contributed by atoms with E-state index in [1.54, 1.807) is 29.2 Å². The standard InChI is InChI=1S/C20H20N4O/c25-20-7-6-19(18-8-10-21-11-9-18)22-24(20)15-17-13-23(14-17)12-16-4-2-1-3-5-16/h1-11,17H,12-15H2. The molecule has 0 bridgehead atoms. The van der Waals surface area contributed by atoms with E-state index in [-0.39, 0.29) is 5.56 Å². The van der Waals surface area contributed by atoms with Gasteiger partial charge in [-0.2, -0.15) is 5.10 Å². The first-order valence-corrected chi connectivity index (χ1v) is 8.53. The van der Waals surface area contributed by atoms with E-state index in [1.165, 1.54) is 5.56 Å². The Morgan fingerprint density at radius 3 is 2.48 bits per heavy atom. The van der Waals surface area contributed by atoms with E-state index >= 15 is 0 Å². The van der Waals surface area contributed by atoms with Crippen LogP contribution in [0, 0.1) is 5.92 Å². The number of pyridine rings is 1. The molecule has 0 aliphatic carbocycles. The van der Waals surface area contributed by atoms with Gasteiger partial charge in [0.05, 0.1) is 12.2 Å².